The van der Waals surface area contributed by atoms with Crippen molar-refractivity contribution in [3.8, 4) is 0 Å². The summed E-state index contributed by atoms with van der Waals surface area (Å²) in [4.78, 5) is 14.2. The molecule has 122 valence electrons. The number of rotatable bonds is 7. The van der Waals surface area contributed by atoms with Crippen molar-refractivity contribution in [1.29, 1.82) is 0 Å². The molecule has 0 aliphatic carbocycles. The maximum absolute atomic E-state index is 12.1. The third-order valence-corrected chi connectivity index (χ3v) is 4.18. The van der Waals surface area contributed by atoms with Crippen molar-refractivity contribution in [2.45, 2.75) is 32.9 Å². The van der Waals surface area contributed by atoms with E-state index in [9.17, 15) is 4.79 Å². The molecular weight excluding hydrogens is 286 g/mol. The summed E-state index contributed by atoms with van der Waals surface area (Å²) in [6, 6.07) is 20.8. The average Bonchev–Trinajstić information content (AvgIpc) is 2.60. The summed E-state index contributed by atoms with van der Waals surface area (Å²) in [5, 5.41) is 0. The number of nitrogens with zero attached hydrogens (tertiary/aromatic N) is 1. The van der Waals surface area contributed by atoms with Crippen LogP contribution in [0.1, 0.15) is 44.0 Å². The van der Waals surface area contributed by atoms with Crippen LogP contribution in [-0.4, -0.2) is 24.0 Å². The van der Waals surface area contributed by atoms with Gasteiger partial charge in [0.25, 0.3) is 0 Å². The second kappa shape index (κ2) is 8.49. The predicted molar refractivity (Wildman–Crippen MR) is 93.1 cm³/mol. The molecule has 2 atom stereocenters. The summed E-state index contributed by atoms with van der Waals surface area (Å²) in [5.74, 6) is -0.182. The molecule has 2 rings (SSSR count). The van der Waals surface area contributed by atoms with Gasteiger partial charge in [-0.2, -0.15) is 0 Å². The molecule has 0 heterocycles. The molecule has 0 spiro atoms. The highest BCUT2D eigenvalue weighted by Gasteiger charge is 2.25. The minimum atomic E-state index is -0.182. The lowest BCUT2D eigenvalue weighted by atomic mass is 10.0. The molecule has 0 saturated carbocycles. The van der Waals surface area contributed by atoms with Crippen molar-refractivity contribution < 1.29 is 9.53 Å². The first kappa shape index (κ1) is 17.2. The molecule has 0 bridgehead atoms. The number of esters is 1. The van der Waals surface area contributed by atoms with E-state index in [-0.39, 0.29) is 24.6 Å². The van der Waals surface area contributed by atoms with Gasteiger partial charge in [0.1, 0.15) is 0 Å². The van der Waals surface area contributed by atoms with Gasteiger partial charge in [-0.05, 0) is 31.9 Å². The van der Waals surface area contributed by atoms with Crippen LogP contribution in [0, 0.1) is 0 Å². The topological polar surface area (TPSA) is 29.5 Å². The summed E-state index contributed by atoms with van der Waals surface area (Å²) in [7, 11) is 0. The molecule has 3 nitrogen and oxygen atoms in total. The average molecular weight is 311 g/mol. The number of hydrogen-bond donors (Lipinski definition) is 0. The van der Waals surface area contributed by atoms with Crippen molar-refractivity contribution in [3.05, 3.63) is 71.8 Å². The van der Waals surface area contributed by atoms with E-state index < -0.39 is 0 Å². The molecular formula is C20H25NO2. The summed E-state index contributed by atoms with van der Waals surface area (Å²) in [6.07, 6.45) is 0. The zero-order valence-corrected chi connectivity index (χ0v) is 14.1. The highest BCUT2D eigenvalue weighted by Crippen LogP contribution is 2.30. The molecule has 3 heteroatoms. The second-order valence-corrected chi connectivity index (χ2v) is 5.65. The van der Waals surface area contributed by atoms with Gasteiger partial charge in [-0.25, -0.2) is 0 Å². The van der Waals surface area contributed by atoms with Crippen molar-refractivity contribution in [1.82, 2.24) is 4.90 Å². The highest BCUT2D eigenvalue weighted by atomic mass is 16.5. The maximum atomic E-state index is 12.1. The fraction of sp³-hybridized carbons (Fsp3) is 0.350. The molecule has 0 aromatic heterocycles. The molecule has 0 aliphatic heterocycles. The van der Waals surface area contributed by atoms with E-state index in [1.807, 2.05) is 43.3 Å². The summed E-state index contributed by atoms with van der Waals surface area (Å²) in [5.41, 5.74) is 2.39. The van der Waals surface area contributed by atoms with Crippen molar-refractivity contribution in [2.75, 3.05) is 13.2 Å². The van der Waals surface area contributed by atoms with Gasteiger partial charge >= 0.3 is 5.97 Å². The molecule has 23 heavy (non-hydrogen) atoms. The van der Waals surface area contributed by atoms with Crippen molar-refractivity contribution in [3.63, 3.8) is 0 Å². The van der Waals surface area contributed by atoms with Crippen LogP contribution in [0.4, 0.5) is 0 Å². The number of benzene rings is 2. The molecule has 0 unspecified atom stereocenters. The predicted octanol–water partition coefficient (Wildman–Crippen LogP) is 4.37. The Kier molecular flexibility index (Phi) is 6.36. The van der Waals surface area contributed by atoms with Gasteiger partial charge in [0.05, 0.1) is 13.2 Å². The summed E-state index contributed by atoms with van der Waals surface area (Å²) in [6.45, 7) is 6.79. The Labute approximate surface area is 138 Å². The van der Waals surface area contributed by atoms with Gasteiger partial charge in [0, 0.05) is 12.1 Å². The Hall–Kier alpha value is -2.13. The Balaban J connectivity index is 2.25. The fourth-order valence-corrected chi connectivity index (χ4v) is 2.81. The quantitative estimate of drug-likeness (QED) is 0.711. The number of hydrogen-bond acceptors (Lipinski definition) is 3. The monoisotopic (exact) mass is 311 g/mol. The molecule has 0 N–H and O–H groups in total. The van der Waals surface area contributed by atoms with Crippen LogP contribution in [0.5, 0.6) is 0 Å². The van der Waals surface area contributed by atoms with Gasteiger partial charge in [-0.15, -0.1) is 0 Å². The van der Waals surface area contributed by atoms with Gasteiger partial charge in [0.2, 0.25) is 0 Å². The van der Waals surface area contributed by atoms with E-state index in [0.717, 1.165) is 0 Å². The molecule has 0 saturated heterocycles. The van der Waals surface area contributed by atoms with Crippen LogP contribution < -0.4 is 0 Å². The van der Waals surface area contributed by atoms with E-state index >= 15 is 0 Å². The van der Waals surface area contributed by atoms with Crippen LogP contribution in [0.2, 0.25) is 0 Å². The first-order chi connectivity index (χ1) is 11.1. The number of ether oxygens (including phenoxy) is 1. The van der Waals surface area contributed by atoms with Gasteiger partial charge in [-0.1, -0.05) is 60.7 Å². The first-order valence-electron chi connectivity index (χ1n) is 8.14. The SMILES string of the molecule is CCOC(=O)CN([C@@H](C)c1ccccc1)[C@@H](C)c1ccccc1. The van der Waals surface area contributed by atoms with Crippen LogP contribution in [-0.2, 0) is 9.53 Å². The lowest BCUT2D eigenvalue weighted by molar-refractivity contribution is -0.145. The molecule has 0 radical (unpaired) electrons. The Morgan fingerprint density at radius 2 is 1.35 bits per heavy atom. The number of carbonyl (C=O) groups excluding carboxylic acids is 1. The molecule has 0 fully saturated rings. The molecule has 0 amide bonds. The zero-order chi connectivity index (χ0) is 16.7. The van der Waals surface area contributed by atoms with Gasteiger partial charge in [0.15, 0.2) is 0 Å². The lowest BCUT2D eigenvalue weighted by Gasteiger charge is -2.34. The van der Waals surface area contributed by atoms with Crippen LogP contribution in [0.3, 0.4) is 0 Å². The largest absolute Gasteiger partial charge is 0.465 e. The van der Waals surface area contributed by atoms with Crippen LogP contribution in [0.25, 0.3) is 0 Å². The third kappa shape index (κ3) is 4.67. The Bertz CT molecular complexity index is 552. The normalized spacial score (nSPS) is 13.6. The number of carbonyl (C=O) groups is 1. The van der Waals surface area contributed by atoms with Crippen LogP contribution in [0.15, 0.2) is 60.7 Å². The summed E-state index contributed by atoms with van der Waals surface area (Å²) >= 11 is 0. The molecule has 2 aromatic carbocycles. The first-order valence-corrected chi connectivity index (χ1v) is 8.14. The lowest BCUT2D eigenvalue weighted by Crippen LogP contribution is -2.35. The zero-order valence-electron chi connectivity index (χ0n) is 14.1. The second-order valence-electron chi connectivity index (χ2n) is 5.65. The van der Waals surface area contributed by atoms with Gasteiger partial charge < -0.3 is 4.74 Å². The Morgan fingerprint density at radius 3 is 1.74 bits per heavy atom. The van der Waals surface area contributed by atoms with Crippen molar-refractivity contribution >= 4 is 5.97 Å². The van der Waals surface area contributed by atoms with E-state index in [4.69, 9.17) is 4.74 Å². The molecule has 2 aromatic rings. The Morgan fingerprint density at radius 1 is 0.913 bits per heavy atom. The minimum Gasteiger partial charge on any atom is -0.465 e. The smallest absolute Gasteiger partial charge is 0.320 e. The third-order valence-electron chi connectivity index (χ3n) is 4.18. The van der Waals surface area contributed by atoms with Crippen molar-refractivity contribution in [2.24, 2.45) is 0 Å². The van der Waals surface area contributed by atoms with E-state index in [1.165, 1.54) is 11.1 Å². The highest BCUT2D eigenvalue weighted by molar-refractivity contribution is 5.71. The standard InChI is InChI=1S/C20H25NO2/c1-4-23-20(22)15-21(16(2)18-11-7-5-8-12-18)17(3)19-13-9-6-10-14-19/h5-14,16-17H,4,15H2,1-3H3/t16-,17-/m0/s1. The summed E-state index contributed by atoms with van der Waals surface area (Å²) < 4.78 is 5.16. The fourth-order valence-electron chi connectivity index (χ4n) is 2.81. The maximum Gasteiger partial charge on any atom is 0.320 e. The molecule has 0 aliphatic rings. The van der Waals surface area contributed by atoms with Crippen LogP contribution >= 0.6 is 0 Å². The van der Waals surface area contributed by atoms with E-state index in [2.05, 4.69) is 43.0 Å². The minimum absolute atomic E-state index is 0.121. The van der Waals surface area contributed by atoms with E-state index in [1.54, 1.807) is 0 Å². The van der Waals surface area contributed by atoms with Gasteiger partial charge in [-0.3, -0.25) is 9.69 Å². The van der Waals surface area contributed by atoms with E-state index in [0.29, 0.717) is 6.61 Å².